The molecule has 2 rings (SSSR count). The van der Waals surface area contributed by atoms with Crippen LogP contribution < -0.4 is 10.1 Å². The average Bonchev–Trinajstić information content (AvgIpc) is 2.55. The number of anilines is 1. The van der Waals surface area contributed by atoms with Gasteiger partial charge in [-0.05, 0) is 37.3 Å². The molecule has 2 aromatic rings. The summed E-state index contributed by atoms with van der Waals surface area (Å²) in [4.78, 5) is 23.2. The molecule has 0 saturated heterocycles. The molecule has 24 heavy (non-hydrogen) atoms. The molecule has 2 aromatic carbocycles. The smallest absolute Gasteiger partial charge is 0.309 e. The van der Waals surface area contributed by atoms with E-state index < -0.39 is 24.3 Å². The fraction of sp³-hybridized carbons (Fsp3) is 0.222. The van der Waals surface area contributed by atoms with Crippen LogP contribution in [0, 0.1) is 12.7 Å². The summed E-state index contributed by atoms with van der Waals surface area (Å²) in [6.07, 6.45) is 0.0289. The van der Waals surface area contributed by atoms with Crippen molar-refractivity contribution in [3.05, 3.63) is 59.9 Å². The van der Waals surface area contributed by atoms with Crippen LogP contribution in [0.25, 0.3) is 0 Å². The van der Waals surface area contributed by atoms with E-state index in [0.717, 1.165) is 5.56 Å². The number of ether oxygens (including phenoxy) is 2. The number of aryl methyl sites for hydroxylation is 1. The number of benzene rings is 2. The van der Waals surface area contributed by atoms with Crippen molar-refractivity contribution in [2.75, 3.05) is 18.5 Å². The molecule has 0 saturated carbocycles. The molecular weight excluding hydrogens is 313 g/mol. The molecular formula is C18H18FNO4. The van der Waals surface area contributed by atoms with Gasteiger partial charge < -0.3 is 14.8 Å². The van der Waals surface area contributed by atoms with Crippen LogP contribution in [0.15, 0.2) is 48.5 Å². The number of hydrogen-bond donors (Lipinski definition) is 1. The van der Waals surface area contributed by atoms with Gasteiger partial charge in [-0.2, -0.15) is 0 Å². The van der Waals surface area contributed by atoms with Crippen LogP contribution in [0.1, 0.15) is 12.0 Å². The van der Waals surface area contributed by atoms with Crippen LogP contribution in [-0.2, 0) is 14.3 Å². The van der Waals surface area contributed by atoms with E-state index in [4.69, 9.17) is 9.47 Å². The lowest BCUT2D eigenvalue weighted by Crippen LogP contribution is -2.21. The normalized spacial score (nSPS) is 10.1. The Morgan fingerprint density at radius 2 is 1.88 bits per heavy atom. The monoisotopic (exact) mass is 331 g/mol. The number of nitrogens with one attached hydrogen (secondary N) is 1. The van der Waals surface area contributed by atoms with Gasteiger partial charge in [0, 0.05) is 5.69 Å². The van der Waals surface area contributed by atoms with Crippen molar-refractivity contribution in [2.24, 2.45) is 0 Å². The zero-order valence-electron chi connectivity index (χ0n) is 13.3. The van der Waals surface area contributed by atoms with Gasteiger partial charge in [0.25, 0.3) is 5.91 Å². The second-order valence-corrected chi connectivity index (χ2v) is 5.13. The van der Waals surface area contributed by atoms with E-state index in [-0.39, 0.29) is 13.0 Å². The predicted molar refractivity (Wildman–Crippen MR) is 87.3 cm³/mol. The zero-order chi connectivity index (χ0) is 17.4. The number of amides is 1. The van der Waals surface area contributed by atoms with E-state index in [1.54, 1.807) is 0 Å². The molecule has 0 unspecified atom stereocenters. The van der Waals surface area contributed by atoms with Gasteiger partial charge in [0.15, 0.2) is 6.61 Å². The van der Waals surface area contributed by atoms with Gasteiger partial charge in [-0.25, -0.2) is 4.39 Å². The van der Waals surface area contributed by atoms with Crippen molar-refractivity contribution in [3.8, 4) is 5.75 Å². The van der Waals surface area contributed by atoms with Gasteiger partial charge in [0.1, 0.15) is 11.6 Å². The molecule has 0 atom stereocenters. The molecule has 0 aliphatic rings. The summed E-state index contributed by atoms with van der Waals surface area (Å²) in [7, 11) is 0. The first-order valence-electron chi connectivity index (χ1n) is 7.43. The van der Waals surface area contributed by atoms with Crippen molar-refractivity contribution < 1.29 is 23.5 Å². The third-order valence-corrected chi connectivity index (χ3v) is 3.07. The maximum absolute atomic E-state index is 13.0. The van der Waals surface area contributed by atoms with Crippen LogP contribution in [0.2, 0.25) is 0 Å². The summed E-state index contributed by atoms with van der Waals surface area (Å²) >= 11 is 0. The first kappa shape index (κ1) is 17.5. The van der Waals surface area contributed by atoms with Crippen LogP contribution in [0.3, 0.4) is 0 Å². The third kappa shape index (κ3) is 6.08. The summed E-state index contributed by atoms with van der Waals surface area (Å²) in [5.74, 6) is -0.875. The molecule has 0 aliphatic carbocycles. The number of carbonyl (C=O) groups excluding carboxylic acids is 2. The fourth-order valence-corrected chi connectivity index (χ4v) is 1.87. The Balaban J connectivity index is 1.65. The highest BCUT2D eigenvalue weighted by molar-refractivity contribution is 5.92. The van der Waals surface area contributed by atoms with E-state index in [9.17, 15) is 14.0 Å². The first-order chi connectivity index (χ1) is 11.5. The Hall–Kier alpha value is -2.89. The van der Waals surface area contributed by atoms with Gasteiger partial charge in [-0.3, -0.25) is 9.59 Å². The van der Waals surface area contributed by atoms with Gasteiger partial charge >= 0.3 is 5.97 Å². The second-order valence-electron chi connectivity index (χ2n) is 5.13. The largest absolute Gasteiger partial charge is 0.493 e. The fourth-order valence-electron chi connectivity index (χ4n) is 1.87. The lowest BCUT2D eigenvalue weighted by Gasteiger charge is -2.08. The maximum atomic E-state index is 13.0. The number of hydrogen-bond acceptors (Lipinski definition) is 4. The van der Waals surface area contributed by atoms with Crippen LogP contribution in [0.5, 0.6) is 5.75 Å². The molecule has 0 aromatic heterocycles. The number of carbonyl (C=O) groups is 2. The summed E-state index contributed by atoms with van der Waals surface area (Å²) in [6, 6.07) is 12.9. The van der Waals surface area contributed by atoms with E-state index in [0.29, 0.717) is 11.4 Å². The molecule has 0 fully saturated rings. The number of esters is 1. The van der Waals surface area contributed by atoms with E-state index in [1.807, 2.05) is 31.2 Å². The Morgan fingerprint density at radius 3 is 2.58 bits per heavy atom. The summed E-state index contributed by atoms with van der Waals surface area (Å²) < 4.78 is 23.2. The number of halogens is 1. The predicted octanol–water partition coefficient (Wildman–Crippen LogP) is 3.08. The first-order valence-corrected chi connectivity index (χ1v) is 7.43. The van der Waals surface area contributed by atoms with E-state index >= 15 is 0 Å². The molecule has 0 heterocycles. The lowest BCUT2D eigenvalue weighted by molar-refractivity contribution is -0.147. The molecule has 1 N–H and O–H groups in total. The summed E-state index contributed by atoms with van der Waals surface area (Å²) in [6.45, 7) is 1.70. The second kappa shape index (κ2) is 8.67. The van der Waals surface area contributed by atoms with Crippen molar-refractivity contribution >= 4 is 17.6 Å². The summed E-state index contributed by atoms with van der Waals surface area (Å²) in [5, 5.41) is 2.44. The Kier molecular flexibility index (Phi) is 6.31. The maximum Gasteiger partial charge on any atom is 0.309 e. The number of rotatable bonds is 7. The SMILES string of the molecule is Cc1ccc(OCCC(=O)OCC(=O)Nc2cccc(F)c2)cc1. The zero-order valence-corrected chi connectivity index (χ0v) is 13.3. The van der Waals surface area contributed by atoms with Gasteiger partial charge in [-0.15, -0.1) is 0 Å². The van der Waals surface area contributed by atoms with Gasteiger partial charge in [0.05, 0.1) is 13.0 Å². The minimum absolute atomic E-state index is 0.0289. The van der Waals surface area contributed by atoms with E-state index in [2.05, 4.69) is 5.32 Å². The standard InChI is InChI=1S/C18H18FNO4/c1-13-5-7-16(8-6-13)23-10-9-18(22)24-12-17(21)20-15-4-2-3-14(19)11-15/h2-8,11H,9-10,12H2,1H3,(H,20,21). The quantitative estimate of drug-likeness (QED) is 0.792. The van der Waals surface area contributed by atoms with Crippen molar-refractivity contribution in [1.82, 2.24) is 0 Å². The van der Waals surface area contributed by atoms with Gasteiger partial charge in [0.2, 0.25) is 0 Å². The van der Waals surface area contributed by atoms with Crippen molar-refractivity contribution in [1.29, 1.82) is 0 Å². The highest BCUT2D eigenvalue weighted by atomic mass is 19.1. The Bertz CT molecular complexity index is 700. The Labute approximate surface area is 139 Å². The van der Waals surface area contributed by atoms with Crippen LogP contribution in [0.4, 0.5) is 10.1 Å². The van der Waals surface area contributed by atoms with Crippen molar-refractivity contribution in [3.63, 3.8) is 0 Å². The minimum Gasteiger partial charge on any atom is -0.493 e. The third-order valence-electron chi connectivity index (χ3n) is 3.07. The highest BCUT2D eigenvalue weighted by Gasteiger charge is 2.08. The van der Waals surface area contributed by atoms with Gasteiger partial charge in [-0.1, -0.05) is 23.8 Å². The molecule has 0 radical (unpaired) electrons. The molecule has 126 valence electrons. The lowest BCUT2D eigenvalue weighted by atomic mass is 10.2. The van der Waals surface area contributed by atoms with Crippen LogP contribution in [-0.4, -0.2) is 25.1 Å². The molecule has 0 bridgehead atoms. The average molecular weight is 331 g/mol. The topological polar surface area (TPSA) is 64.6 Å². The Morgan fingerprint density at radius 1 is 1.12 bits per heavy atom. The molecule has 5 nitrogen and oxygen atoms in total. The highest BCUT2D eigenvalue weighted by Crippen LogP contribution is 2.11. The molecule has 0 spiro atoms. The van der Waals surface area contributed by atoms with Crippen molar-refractivity contribution in [2.45, 2.75) is 13.3 Å². The molecule has 0 aliphatic heterocycles. The summed E-state index contributed by atoms with van der Waals surface area (Å²) in [5.41, 5.74) is 1.42. The van der Waals surface area contributed by atoms with Crippen LogP contribution >= 0.6 is 0 Å². The molecule has 1 amide bonds. The minimum atomic E-state index is -0.545. The molecule has 6 heteroatoms. The van der Waals surface area contributed by atoms with E-state index in [1.165, 1.54) is 24.3 Å².